The van der Waals surface area contributed by atoms with E-state index in [0.717, 1.165) is 19.3 Å². The monoisotopic (exact) mass is 500 g/mol. The Balaban J connectivity index is 1.85. The molecule has 3 fully saturated rings. The zero-order valence-electron chi connectivity index (χ0n) is 22.8. The number of carbonyl (C=O) groups is 1. The van der Waals surface area contributed by atoms with Gasteiger partial charge in [-0.3, -0.25) is 4.79 Å². The zero-order valence-corrected chi connectivity index (χ0v) is 23.8. The first-order valence-corrected chi connectivity index (χ1v) is 15.9. The SMILES string of the molecule is COCCOCO[C@]1(CCC2(C)OCCO2)C(=O)CC[C@]2(C)[C@@H](O[Si](C)(C)C(C)(C)C)CC[C@H]21. The molecule has 7 nitrogen and oxygen atoms in total. The largest absolute Gasteiger partial charge is 0.413 e. The van der Waals surface area contributed by atoms with E-state index in [-0.39, 0.29) is 35.1 Å². The van der Waals surface area contributed by atoms with Gasteiger partial charge in [0.15, 0.2) is 19.9 Å². The molecule has 0 N–H and O–H groups in total. The zero-order chi connectivity index (χ0) is 25.3. The highest BCUT2D eigenvalue weighted by molar-refractivity contribution is 6.74. The van der Waals surface area contributed by atoms with E-state index >= 15 is 0 Å². The molecule has 3 aliphatic rings. The molecular weight excluding hydrogens is 452 g/mol. The third kappa shape index (κ3) is 5.63. The van der Waals surface area contributed by atoms with Crippen LogP contribution in [-0.4, -0.2) is 71.9 Å². The van der Waals surface area contributed by atoms with Crippen molar-refractivity contribution < 1.29 is 32.9 Å². The van der Waals surface area contributed by atoms with Crippen LogP contribution in [0.1, 0.15) is 73.1 Å². The maximum atomic E-state index is 13.7. The Morgan fingerprint density at radius 2 is 1.74 bits per heavy atom. The van der Waals surface area contributed by atoms with Crippen molar-refractivity contribution in [3.05, 3.63) is 0 Å². The molecule has 4 atom stereocenters. The molecule has 0 aromatic heterocycles. The molecule has 34 heavy (non-hydrogen) atoms. The fourth-order valence-electron chi connectivity index (χ4n) is 5.85. The molecule has 198 valence electrons. The minimum Gasteiger partial charge on any atom is -0.413 e. The van der Waals surface area contributed by atoms with Gasteiger partial charge in [0.1, 0.15) is 12.4 Å². The van der Waals surface area contributed by atoms with Crippen LogP contribution in [0.4, 0.5) is 0 Å². The van der Waals surface area contributed by atoms with Crippen LogP contribution in [0.5, 0.6) is 0 Å². The average Bonchev–Trinajstić information content (AvgIpc) is 3.32. The molecule has 0 spiro atoms. The summed E-state index contributed by atoms with van der Waals surface area (Å²) < 4.78 is 36.0. The van der Waals surface area contributed by atoms with Crippen molar-refractivity contribution in [3.63, 3.8) is 0 Å². The highest BCUT2D eigenvalue weighted by Gasteiger charge is 2.63. The number of fused-ring (bicyclic) bond motifs is 1. The summed E-state index contributed by atoms with van der Waals surface area (Å²) in [7, 11) is -0.309. The van der Waals surface area contributed by atoms with Gasteiger partial charge in [-0.1, -0.05) is 27.7 Å². The van der Waals surface area contributed by atoms with E-state index in [0.29, 0.717) is 45.7 Å². The second-order valence-electron chi connectivity index (χ2n) is 12.3. The maximum absolute atomic E-state index is 13.7. The molecular formula is C26H48O7Si. The number of Topliss-reactive ketones (excluding diaryl/α,β-unsaturated/α-hetero) is 1. The topological polar surface area (TPSA) is 72.5 Å². The lowest BCUT2D eigenvalue weighted by molar-refractivity contribution is -0.216. The summed E-state index contributed by atoms with van der Waals surface area (Å²) in [5.74, 6) is -0.413. The van der Waals surface area contributed by atoms with Crippen molar-refractivity contribution in [3.8, 4) is 0 Å². The summed E-state index contributed by atoms with van der Waals surface area (Å²) in [6, 6.07) is 0. The first-order valence-electron chi connectivity index (χ1n) is 13.0. The van der Waals surface area contributed by atoms with Crippen molar-refractivity contribution in [1.29, 1.82) is 0 Å². The average molecular weight is 501 g/mol. The van der Waals surface area contributed by atoms with Crippen molar-refractivity contribution in [2.75, 3.05) is 40.3 Å². The number of hydrogen-bond acceptors (Lipinski definition) is 7. The van der Waals surface area contributed by atoms with Crippen molar-refractivity contribution >= 4 is 14.1 Å². The molecule has 1 aliphatic heterocycles. The first kappa shape index (κ1) is 28.2. The molecule has 2 aliphatic carbocycles. The smallest absolute Gasteiger partial charge is 0.192 e. The summed E-state index contributed by atoms with van der Waals surface area (Å²) in [6.45, 7) is 18.0. The van der Waals surface area contributed by atoms with Crippen LogP contribution < -0.4 is 0 Å². The van der Waals surface area contributed by atoms with E-state index in [1.54, 1.807) is 7.11 Å². The van der Waals surface area contributed by atoms with Crippen LogP contribution in [-0.2, 0) is 32.9 Å². The Bertz CT molecular complexity index is 700. The lowest BCUT2D eigenvalue weighted by atomic mass is 9.59. The van der Waals surface area contributed by atoms with E-state index in [2.05, 4.69) is 40.8 Å². The quantitative estimate of drug-likeness (QED) is 0.223. The lowest BCUT2D eigenvalue weighted by Crippen LogP contribution is -2.59. The predicted molar refractivity (Wildman–Crippen MR) is 133 cm³/mol. The molecule has 0 bridgehead atoms. The number of carbonyl (C=O) groups excluding carboxylic acids is 1. The molecule has 0 aromatic carbocycles. The summed E-state index contributed by atoms with van der Waals surface area (Å²) >= 11 is 0. The van der Waals surface area contributed by atoms with Gasteiger partial charge in [0, 0.05) is 25.9 Å². The number of hydrogen-bond donors (Lipinski definition) is 0. The highest BCUT2D eigenvalue weighted by atomic mass is 28.4. The third-order valence-corrected chi connectivity index (χ3v) is 13.6. The van der Waals surface area contributed by atoms with E-state index in [1.165, 1.54) is 0 Å². The number of ether oxygens (including phenoxy) is 5. The molecule has 1 saturated heterocycles. The van der Waals surface area contributed by atoms with Crippen LogP contribution in [0, 0.1) is 11.3 Å². The summed E-state index contributed by atoms with van der Waals surface area (Å²) in [4.78, 5) is 13.7. The third-order valence-electron chi connectivity index (χ3n) is 9.10. The normalized spacial score (nSPS) is 33.9. The molecule has 2 saturated carbocycles. The van der Waals surface area contributed by atoms with Crippen molar-refractivity contribution in [2.45, 2.75) is 109 Å². The van der Waals surface area contributed by atoms with Gasteiger partial charge in [0.2, 0.25) is 0 Å². The maximum Gasteiger partial charge on any atom is 0.192 e. The van der Waals surface area contributed by atoms with E-state index < -0.39 is 19.7 Å². The van der Waals surface area contributed by atoms with Crippen LogP contribution in [0.25, 0.3) is 0 Å². The molecule has 0 radical (unpaired) electrons. The van der Waals surface area contributed by atoms with Gasteiger partial charge < -0.3 is 28.1 Å². The fourth-order valence-corrected chi connectivity index (χ4v) is 7.30. The van der Waals surface area contributed by atoms with E-state index in [9.17, 15) is 4.79 Å². The van der Waals surface area contributed by atoms with Gasteiger partial charge in [0.25, 0.3) is 0 Å². The molecule has 0 amide bonds. The minimum atomic E-state index is -1.95. The molecule has 0 aromatic rings. The van der Waals surface area contributed by atoms with Crippen molar-refractivity contribution in [2.24, 2.45) is 11.3 Å². The van der Waals surface area contributed by atoms with Crippen LogP contribution in [0.3, 0.4) is 0 Å². The second-order valence-corrected chi connectivity index (χ2v) is 17.1. The number of ketones is 1. The Hall–Kier alpha value is -0.353. The fraction of sp³-hybridized carbons (Fsp3) is 0.962. The molecule has 0 unspecified atom stereocenters. The molecule has 1 heterocycles. The first-order chi connectivity index (χ1) is 15.8. The lowest BCUT2D eigenvalue weighted by Gasteiger charge is -2.52. The Labute approximate surface area is 207 Å². The van der Waals surface area contributed by atoms with Gasteiger partial charge >= 0.3 is 0 Å². The van der Waals surface area contributed by atoms with Crippen molar-refractivity contribution in [1.82, 2.24) is 0 Å². The molecule has 3 rings (SSSR count). The summed E-state index contributed by atoms with van der Waals surface area (Å²) in [5.41, 5.74) is -1.03. The predicted octanol–water partition coefficient (Wildman–Crippen LogP) is 5.08. The summed E-state index contributed by atoms with van der Waals surface area (Å²) in [5, 5.41) is 0.139. The Kier molecular flexibility index (Phi) is 8.76. The standard InChI is InChI=1S/C26H48O7Si/c1-23(2,3)34(7,8)33-22-10-9-20-24(22,4)12-11-21(27)26(20,32-19-29-16-15-28-6)14-13-25(5)30-17-18-31-25/h20,22H,9-19H2,1-8H3/t20-,22+,24+,26+/m1/s1. The second kappa shape index (κ2) is 10.6. The van der Waals surface area contributed by atoms with Gasteiger partial charge in [-0.25, -0.2) is 0 Å². The van der Waals surface area contributed by atoms with E-state index in [1.807, 2.05) is 6.92 Å². The van der Waals surface area contributed by atoms with Gasteiger partial charge in [0.05, 0.1) is 32.5 Å². The minimum absolute atomic E-state index is 0.0760. The number of rotatable bonds is 11. The van der Waals surface area contributed by atoms with E-state index in [4.69, 9.17) is 28.1 Å². The highest BCUT2D eigenvalue weighted by Crippen LogP contribution is 2.59. The van der Waals surface area contributed by atoms with Crippen LogP contribution in [0.2, 0.25) is 18.1 Å². The Morgan fingerprint density at radius 3 is 2.35 bits per heavy atom. The van der Waals surface area contributed by atoms with Crippen LogP contribution in [0.15, 0.2) is 0 Å². The molecule has 8 heteroatoms. The number of methoxy groups -OCH3 is 1. The Morgan fingerprint density at radius 1 is 1.06 bits per heavy atom. The van der Waals surface area contributed by atoms with Crippen LogP contribution >= 0.6 is 0 Å². The summed E-state index contributed by atoms with van der Waals surface area (Å²) in [6.07, 6.45) is 4.52. The van der Waals surface area contributed by atoms with Gasteiger partial charge in [-0.2, -0.15) is 0 Å². The van der Waals surface area contributed by atoms with Gasteiger partial charge in [-0.15, -0.1) is 0 Å². The van der Waals surface area contributed by atoms with Gasteiger partial charge in [-0.05, 0) is 56.2 Å².